The molecule has 0 aliphatic carbocycles. The van der Waals surface area contributed by atoms with Crippen molar-refractivity contribution < 1.29 is 24.0 Å². The van der Waals surface area contributed by atoms with E-state index < -0.39 is 24.4 Å². The number of piperazine rings is 1. The second kappa shape index (κ2) is 14.0. The predicted octanol–water partition coefficient (Wildman–Crippen LogP) is 4.67. The van der Waals surface area contributed by atoms with Crippen molar-refractivity contribution in [3.63, 3.8) is 0 Å². The van der Waals surface area contributed by atoms with Gasteiger partial charge in [0, 0.05) is 13.0 Å². The smallest absolute Gasteiger partial charge is 0.436 e. The van der Waals surface area contributed by atoms with Gasteiger partial charge in [-0.05, 0) is 67.5 Å². The fourth-order valence-electron chi connectivity index (χ4n) is 5.96. The van der Waals surface area contributed by atoms with E-state index in [4.69, 9.17) is 15.3 Å². The van der Waals surface area contributed by atoms with Gasteiger partial charge in [-0.2, -0.15) is 5.06 Å². The third-order valence-corrected chi connectivity index (χ3v) is 8.46. The molecule has 0 radical (unpaired) electrons. The predicted molar refractivity (Wildman–Crippen MR) is 165 cm³/mol. The van der Waals surface area contributed by atoms with E-state index in [1.807, 2.05) is 62.4 Å². The number of nitrogens with two attached hydrogens (primary N) is 1. The molecule has 0 spiro atoms. The summed E-state index contributed by atoms with van der Waals surface area (Å²) in [6.07, 6.45) is 0.662. The van der Waals surface area contributed by atoms with Crippen LogP contribution in [0.5, 0.6) is 0 Å². The molecule has 3 amide bonds. The number of nitrogens with zero attached hydrogens (tertiary/aromatic N) is 3. The number of carbonyl (C=O) groups excluding carboxylic acids is 3. The van der Waals surface area contributed by atoms with Crippen molar-refractivity contribution >= 4 is 28.7 Å². The molecule has 3 aromatic rings. The summed E-state index contributed by atoms with van der Waals surface area (Å²) in [6, 6.07) is 23.2. The van der Waals surface area contributed by atoms with Crippen molar-refractivity contribution in [3.05, 3.63) is 83.9 Å². The second-order valence-corrected chi connectivity index (χ2v) is 11.4. The first-order chi connectivity index (χ1) is 20.9. The summed E-state index contributed by atoms with van der Waals surface area (Å²) < 4.78 is 5.70. The molecule has 2 aliphatic rings. The average Bonchev–Trinajstić information content (AvgIpc) is 3.03. The van der Waals surface area contributed by atoms with E-state index in [2.05, 4.69) is 24.3 Å². The van der Waals surface area contributed by atoms with Gasteiger partial charge in [0.05, 0.1) is 6.54 Å². The van der Waals surface area contributed by atoms with Crippen LogP contribution < -0.4 is 5.73 Å². The fraction of sp³-hybridized carbons (Fsp3) is 0.441. The van der Waals surface area contributed by atoms with Crippen molar-refractivity contribution in [2.24, 2.45) is 5.73 Å². The monoisotopic (exact) mass is 586 g/mol. The van der Waals surface area contributed by atoms with Gasteiger partial charge < -0.3 is 20.3 Å². The highest BCUT2D eigenvalue weighted by Crippen LogP contribution is 2.32. The van der Waals surface area contributed by atoms with Gasteiger partial charge in [0.25, 0.3) is 5.91 Å². The third-order valence-electron chi connectivity index (χ3n) is 8.46. The third kappa shape index (κ3) is 6.84. The first-order valence-electron chi connectivity index (χ1n) is 15.4. The summed E-state index contributed by atoms with van der Waals surface area (Å²) in [5.41, 5.74) is 7.82. The van der Waals surface area contributed by atoms with Crippen LogP contribution in [0.15, 0.2) is 72.8 Å². The molecule has 2 N–H and O–H groups in total. The van der Waals surface area contributed by atoms with Crippen LogP contribution in [0.3, 0.4) is 0 Å². The van der Waals surface area contributed by atoms with E-state index in [1.54, 1.807) is 9.80 Å². The van der Waals surface area contributed by atoms with Gasteiger partial charge >= 0.3 is 6.09 Å². The van der Waals surface area contributed by atoms with Gasteiger partial charge in [-0.1, -0.05) is 79.7 Å². The molecule has 0 bridgehead atoms. The largest absolute Gasteiger partial charge is 0.445 e. The maximum atomic E-state index is 14.1. The molecule has 0 saturated carbocycles. The van der Waals surface area contributed by atoms with Crippen LogP contribution in [-0.2, 0) is 32.0 Å². The Hall–Kier alpha value is -3.95. The van der Waals surface area contributed by atoms with E-state index in [0.717, 1.165) is 28.3 Å². The normalized spacial score (nSPS) is 21.2. The van der Waals surface area contributed by atoms with Crippen LogP contribution in [-0.4, -0.2) is 76.8 Å². The Balaban J connectivity index is 1.45. The standard InChI is InChI=1S/C34H42N4O5/c1-3-24(2)42-34(41)38-31-23-36(21-19-27-16-11-15-26-14-7-8-17-28(26)27)32(39)29(18-9-10-20-35)37(31)33(40)30(43-38)22-25-12-5-4-6-13-25/h4-8,11-17,24,29-31H,3,9-10,18-23,35H2,1-2H3/t24-,29-,30-,31-/m0/s1. The zero-order chi connectivity index (χ0) is 30.3. The van der Waals surface area contributed by atoms with Crippen LogP contribution in [0, 0.1) is 0 Å². The van der Waals surface area contributed by atoms with Gasteiger partial charge in [0.15, 0.2) is 12.3 Å². The Morgan fingerprint density at radius 2 is 1.74 bits per heavy atom. The minimum absolute atomic E-state index is 0.113. The highest BCUT2D eigenvalue weighted by Gasteiger charge is 2.53. The Bertz CT molecular complexity index is 1410. The quantitative estimate of drug-likeness (QED) is 0.328. The fourth-order valence-corrected chi connectivity index (χ4v) is 5.96. The Morgan fingerprint density at radius 1 is 1.00 bits per heavy atom. The lowest BCUT2D eigenvalue weighted by molar-refractivity contribution is -0.267. The number of amides is 3. The molecule has 2 fully saturated rings. The maximum absolute atomic E-state index is 14.1. The van der Waals surface area contributed by atoms with Crippen molar-refractivity contribution in [1.29, 1.82) is 0 Å². The van der Waals surface area contributed by atoms with Gasteiger partial charge in [-0.3, -0.25) is 14.4 Å². The van der Waals surface area contributed by atoms with E-state index in [1.165, 1.54) is 5.06 Å². The minimum Gasteiger partial charge on any atom is -0.445 e. The summed E-state index contributed by atoms with van der Waals surface area (Å²) in [5, 5.41) is 3.49. The lowest BCUT2D eigenvalue weighted by Crippen LogP contribution is -2.73. The van der Waals surface area contributed by atoms with Crippen molar-refractivity contribution in [1.82, 2.24) is 14.9 Å². The molecule has 0 aromatic heterocycles. The van der Waals surface area contributed by atoms with Gasteiger partial charge in [-0.15, -0.1) is 0 Å². The van der Waals surface area contributed by atoms with Gasteiger partial charge in [0.2, 0.25) is 5.91 Å². The highest BCUT2D eigenvalue weighted by molar-refractivity contribution is 5.92. The summed E-state index contributed by atoms with van der Waals surface area (Å²) >= 11 is 0. The molecule has 0 unspecified atom stereocenters. The molecule has 2 heterocycles. The summed E-state index contributed by atoms with van der Waals surface area (Å²) in [5.74, 6) is -0.404. The molecule has 3 aromatic carbocycles. The summed E-state index contributed by atoms with van der Waals surface area (Å²) in [7, 11) is 0. The van der Waals surface area contributed by atoms with Crippen LogP contribution in [0.4, 0.5) is 4.79 Å². The van der Waals surface area contributed by atoms with Crippen molar-refractivity contribution in [3.8, 4) is 0 Å². The summed E-state index contributed by atoms with van der Waals surface area (Å²) in [6.45, 7) is 4.83. The Labute approximate surface area is 253 Å². The summed E-state index contributed by atoms with van der Waals surface area (Å²) in [4.78, 5) is 51.2. The molecule has 2 saturated heterocycles. The SMILES string of the molecule is CC[C@H](C)OC(=O)N1O[C@@H](Cc2ccccc2)C(=O)N2[C@@H]1CN(CCc1cccc3ccccc13)C(=O)[C@@H]2CCCCN. The van der Waals surface area contributed by atoms with Crippen LogP contribution in [0.25, 0.3) is 10.8 Å². The Morgan fingerprint density at radius 3 is 2.51 bits per heavy atom. The highest BCUT2D eigenvalue weighted by atomic mass is 16.7. The number of hydrogen-bond acceptors (Lipinski definition) is 6. The lowest BCUT2D eigenvalue weighted by Gasteiger charge is -2.52. The Kier molecular flexibility index (Phi) is 9.94. The first kappa shape index (κ1) is 30.5. The zero-order valence-electron chi connectivity index (χ0n) is 25.1. The molecular weight excluding hydrogens is 544 g/mol. The number of hydrogen-bond donors (Lipinski definition) is 1. The van der Waals surface area contributed by atoms with E-state index in [-0.39, 0.29) is 30.9 Å². The molecule has 9 heteroatoms. The van der Waals surface area contributed by atoms with Crippen molar-refractivity contribution in [2.45, 2.75) is 76.8 Å². The van der Waals surface area contributed by atoms with Gasteiger partial charge in [-0.25, -0.2) is 4.79 Å². The number of ether oxygens (including phenoxy) is 1. The molecule has 228 valence electrons. The van der Waals surface area contributed by atoms with E-state index >= 15 is 0 Å². The van der Waals surface area contributed by atoms with Crippen LogP contribution >= 0.6 is 0 Å². The molecule has 4 atom stereocenters. The second-order valence-electron chi connectivity index (χ2n) is 11.4. The molecule has 9 nitrogen and oxygen atoms in total. The average molecular weight is 587 g/mol. The van der Waals surface area contributed by atoms with Crippen LogP contribution in [0.1, 0.15) is 50.7 Å². The van der Waals surface area contributed by atoms with E-state index in [9.17, 15) is 14.4 Å². The zero-order valence-corrected chi connectivity index (χ0v) is 25.1. The number of benzene rings is 3. The molecule has 5 rings (SSSR count). The number of hydroxylamine groups is 2. The minimum atomic E-state index is -0.963. The van der Waals surface area contributed by atoms with E-state index in [0.29, 0.717) is 38.8 Å². The lowest BCUT2D eigenvalue weighted by atomic mass is 9.97. The number of unbranched alkanes of at least 4 members (excludes halogenated alkanes) is 1. The van der Waals surface area contributed by atoms with Gasteiger partial charge in [0.1, 0.15) is 12.1 Å². The topological polar surface area (TPSA) is 105 Å². The number of rotatable bonds is 11. The first-order valence-corrected chi connectivity index (χ1v) is 15.4. The van der Waals surface area contributed by atoms with Crippen LogP contribution in [0.2, 0.25) is 0 Å². The van der Waals surface area contributed by atoms with Crippen molar-refractivity contribution in [2.75, 3.05) is 19.6 Å². The molecule has 2 aliphatic heterocycles. The number of fused-ring (bicyclic) bond motifs is 2. The number of carbonyl (C=O) groups is 3. The molecular formula is C34H42N4O5. The maximum Gasteiger partial charge on any atom is 0.436 e. The molecule has 43 heavy (non-hydrogen) atoms.